The van der Waals surface area contributed by atoms with Gasteiger partial charge < -0.3 is 20.5 Å². The van der Waals surface area contributed by atoms with Crippen molar-refractivity contribution >= 4 is 11.7 Å². The summed E-state index contributed by atoms with van der Waals surface area (Å²) >= 11 is 0. The fraction of sp³-hybridized carbons (Fsp3) is 0.364. The number of rotatable bonds is 3. The van der Waals surface area contributed by atoms with Crippen LogP contribution in [0.2, 0.25) is 0 Å². The van der Waals surface area contributed by atoms with Crippen LogP contribution in [0.25, 0.3) is 22.8 Å². The molecule has 3 aliphatic rings. The summed E-state index contributed by atoms with van der Waals surface area (Å²) < 4.78 is 0. The Balaban J connectivity index is 1.30. The summed E-state index contributed by atoms with van der Waals surface area (Å²) in [5, 5.41) is 6.37. The van der Waals surface area contributed by atoms with Crippen molar-refractivity contribution in [2.75, 3.05) is 37.6 Å². The number of carbonyl (C=O) groups excluding carboxylic acids is 1. The van der Waals surface area contributed by atoms with Crippen molar-refractivity contribution in [1.82, 2.24) is 30.6 Å². The number of fused-ring (bicyclic) bond motifs is 2. The quantitative estimate of drug-likeness (QED) is 0.618. The fourth-order valence-corrected chi connectivity index (χ4v) is 4.45. The van der Waals surface area contributed by atoms with Gasteiger partial charge in [-0.15, -0.1) is 0 Å². The molecular formula is C22H23N7O. The van der Waals surface area contributed by atoms with Gasteiger partial charge in [-0.2, -0.15) is 0 Å². The molecule has 8 heteroatoms. The maximum atomic E-state index is 12.3. The lowest BCUT2D eigenvalue weighted by Gasteiger charge is -2.28. The molecule has 1 spiro atoms. The predicted octanol–water partition coefficient (Wildman–Crippen LogP) is 1.72. The number of H-pyrrole nitrogens is 1. The average molecular weight is 401 g/mol. The highest BCUT2D eigenvalue weighted by Gasteiger charge is 2.50. The van der Waals surface area contributed by atoms with E-state index in [1.807, 2.05) is 30.5 Å². The van der Waals surface area contributed by atoms with Crippen molar-refractivity contribution in [1.29, 1.82) is 0 Å². The molecule has 0 atom stereocenters. The molecule has 1 saturated carbocycles. The smallest absolute Gasteiger partial charge is 0.253 e. The Bertz CT molecular complexity index is 1110. The molecule has 8 nitrogen and oxygen atoms in total. The molecule has 2 fully saturated rings. The third-order valence-corrected chi connectivity index (χ3v) is 6.41. The van der Waals surface area contributed by atoms with E-state index in [2.05, 4.69) is 30.5 Å². The minimum Gasteiger partial charge on any atom is -0.356 e. The summed E-state index contributed by atoms with van der Waals surface area (Å²) in [6.07, 6.45) is 5.82. The molecule has 3 aromatic rings. The van der Waals surface area contributed by atoms with Crippen LogP contribution >= 0.6 is 0 Å². The number of nitrogens with one attached hydrogen (secondary N) is 3. The van der Waals surface area contributed by atoms with Gasteiger partial charge in [0, 0.05) is 61.8 Å². The number of aromatic nitrogens is 4. The van der Waals surface area contributed by atoms with Crippen molar-refractivity contribution in [2.45, 2.75) is 18.3 Å². The first kappa shape index (κ1) is 17.6. The Labute approximate surface area is 174 Å². The van der Waals surface area contributed by atoms with Crippen molar-refractivity contribution < 1.29 is 4.79 Å². The van der Waals surface area contributed by atoms with Crippen LogP contribution < -0.4 is 15.5 Å². The van der Waals surface area contributed by atoms with Crippen LogP contribution in [0.15, 0.2) is 36.7 Å². The van der Waals surface area contributed by atoms with Crippen LogP contribution in [0, 0.1) is 0 Å². The average Bonchev–Trinajstić information content (AvgIpc) is 3.44. The SMILES string of the molecule is O=C1NCC2(CC2)c2[nH]c(-c3ccnc(-c4ccc(N5CCNCC5)nc4)n3)cc21. The van der Waals surface area contributed by atoms with Gasteiger partial charge in [0.25, 0.3) is 5.91 Å². The predicted molar refractivity (Wildman–Crippen MR) is 113 cm³/mol. The number of anilines is 1. The fourth-order valence-electron chi connectivity index (χ4n) is 4.45. The van der Waals surface area contributed by atoms with Crippen LogP contribution in [0.5, 0.6) is 0 Å². The van der Waals surface area contributed by atoms with Gasteiger partial charge in [-0.1, -0.05) is 0 Å². The lowest BCUT2D eigenvalue weighted by atomic mass is 9.95. The van der Waals surface area contributed by atoms with Gasteiger partial charge >= 0.3 is 0 Å². The van der Waals surface area contributed by atoms with E-state index < -0.39 is 0 Å². The topological polar surface area (TPSA) is 98.8 Å². The zero-order chi connectivity index (χ0) is 20.1. The van der Waals surface area contributed by atoms with E-state index in [0.29, 0.717) is 5.82 Å². The molecule has 6 rings (SSSR count). The molecule has 3 N–H and O–H groups in total. The first-order valence-corrected chi connectivity index (χ1v) is 10.5. The van der Waals surface area contributed by atoms with Crippen molar-refractivity contribution in [3.63, 3.8) is 0 Å². The summed E-state index contributed by atoms with van der Waals surface area (Å²) in [5.74, 6) is 1.60. The van der Waals surface area contributed by atoms with Gasteiger partial charge in [0.05, 0.1) is 17.0 Å². The van der Waals surface area contributed by atoms with Gasteiger partial charge in [0.1, 0.15) is 5.82 Å². The first-order chi connectivity index (χ1) is 14.7. The molecule has 1 saturated heterocycles. The van der Waals surface area contributed by atoms with Crippen molar-refractivity contribution in [3.05, 3.63) is 47.9 Å². The number of carbonyl (C=O) groups is 1. The maximum Gasteiger partial charge on any atom is 0.253 e. The summed E-state index contributed by atoms with van der Waals surface area (Å²) in [6.45, 7) is 4.61. The van der Waals surface area contributed by atoms with Crippen LogP contribution in [0.4, 0.5) is 5.82 Å². The third kappa shape index (κ3) is 2.87. The van der Waals surface area contributed by atoms with Crippen LogP contribution in [0.3, 0.4) is 0 Å². The van der Waals surface area contributed by atoms with Crippen molar-refractivity contribution in [3.8, 4) is 22.8 Å². The molecule has 2 aliphatic heterocycles. The number of nitrogens with zero attached hydrogens (tertiary/aromatic N) is 4. The van der Waals surface area contributed by atoms with E-state index in [9.17, 15) is 4.79 Å². The summed E-state index contributed by atoms with van der Waals surface area (Å²) in [4.78, 5) is 31.9. The van der Waals surface area contributed by atoms with E-state index in [1.54, 1.807) is 6.20 Å². The second-order valence-corrected chi connectivity index (χ2v) is 8.34. The Kier molecular flexibility index (Phi) is 3.89. The normalized spacial score (nSPS) is 19.5. The standard InChI is InChI=1S/C22H23N7O/c30-21-15-11-17(27-19(15)22(4-5-22)13-26-21)16-3-6-24-20(28-16)14-1-2-18(25-12-14)29-9-7-23-8-10-29/h1-3,6,11-12,23,27H,4-5,7-10,13H2,(H,26,30). The Morgan fingerprint density at radius 1 is 1.07 bits per heavy atom. The molecular weight excluding hydrogens is 378 g/mol. The lowest BCUT2D eigenvalue weighted by molar-refractivity contribution is 0.0937. The molecule has 0 radical (unpaired) electrons. The summed E-state index contributed by atoms with van der Waals surface area (Å²) in [7, 11) is 0. The molecule has 152 valence electrons. The van der Waals surface area contributed by atoms with Gasteiger partial charge in [-0.3, -0.25) is 4.79 Å². The second-order valence-electron chi connectivity index (χ2n) is 8.34. The number of piperazine rings is 1. The largest absolute Gasteiger partial charge is 0.356 e. The Morgan fingerprint density at radius 3 is 2.70 bits per heavy atom. The van der Waals surface area contributed by atoms with Gasteiger partial charge in [0.15, 0.2) is 5.82 Å². The highest BCUT2D eigenvalue weighted by Crippen LogP contribution is 2.50. The van der Waals surface area contributed by atoms with Gasteiger partial charge in [-0.05, 0) is 37.1 Å². The zero-order valence-corrected chi connectivity index (χ0v) is 16.6. The van der Waals surface area contributed by atoms with E-state index in [4.69, 9.17) is 4.98 Å². The highest BCUT2D eigenvalue weighted by atomic mass is 16.1. The summed E-state index contributed by atoms with van der Waals surface area (Å²) in [6, 6.07) is 7.85. The number of pyridine rings is 1. The van der Waals surface area contributed by atoms with E-state index >= 15 is 0 Å². The molecule has 1 amide bonds. The lowest BCUT2D eigenvalue weighted by Crippen LogP contribution is -2.43. The summed E-state index contributed by atoms with van der Waals surface area (Å²) in [5.41, 5.74) is 4.42. The Hall–Kier alpha value is -3.26. The van der Waals surface area contributed by atoms with E-state index in [0.717, 1.165) is 79.6 Å². The molecule has 5 heterocycles. The van der Waals surface area contributed by atoms with Crippen LogP contribution in [-0.2, 0) is 5.41 Å². The minimum atomic E-state index is -0.00740. The van der Waals surface area contributed by atoms with E-state index in [1.165, 1.54) is 0 Å². The molecule has 30 heavy (non-hydrogen) atoms. The number of amides is 1. The van der Waals surface area contributed by atoms with Crippen molar-refractivity contribution in [2.24, 2.45) is 0 Å². The molecule has 0 bridgehead atoms. The second kappa shape index (κ2) is 6.63. The first-order valence-electron chi connectivity index (χ1n) is 10.5. The number of hydrogen-bond donors (Lipinski definition) is 3. The third-order valence-electron chi connectivity index (χ3n) is 6.41. The van der Waals surface area contributed by atoms with E-state index in [-0.39, 0.29) is 11.3 Å². The minimum absolute atomic E-state index is 0.00740. The molecule has 0 aromatic carbocycles. The Morgan fingerprint density at radius 2 is 1.93 bits per heavy atom. The molecule has 3 aromatic heterocycles. The maximum absolute atomic E-state index is 12.3. The highest BCUT2D eigenvalue weighted by molar-refractivity contribution is 5.98. The van der Waals surface area contributed by atoms with Crippen LogP contribution in [0.1, 0.15) is 28.9 Å². The van der Waals surface area contributed by atoms with Gasteiger partial charge in [0.2, 0.25) is 0 Å². The molecule has 1 aliphatic carbocycles. The molecule has 0 unspecified atom stereocenters. The number of hydrogen-bond acceptors (Lipinski definition) is 6. The number of aromatic amines is 1. The van der Waals surface area contributed by atoms with Crippen LogP contribution in [-0.4, -0.2) is 58.6 Å². The monoisotopic (exact) mass is 401 g/mol. The zero-order valence-electron chi connectivity index (χ0n) is 16.6. The van der Waals surface area contributed by atoms with Gasteiger partial charge in [-0.25, -0.2) is 15.0 Å².